The number of rotatable bonds is 2. The van der Waals surface area contributed by atoms with Crippen molar-refractivity contribution in [3.63, 3.8) is 0 Å². The van der Waals surface area contributed by atoms with E-state index in [1.165, 1.54) is 0 Å². The van der Waals surface area contributed by atoms with Crippen molar-refractivity contribution >= 4 is 17.4 Å². The lowest BCUT2D eigenvalue weighted by Gasteiger charge is -2.35. The van der Waals surface area contributed by atoms with Crippen LogP contribution in [-0.2, 0) is 0 Å². The number of hydrogen-bond donors (Lipinski definition) is 0. The molecule has 0 unspecified atom stereocenters. The molecule has 0 bridgehead atoms. The minimum atomic E-state index is -0.00863. The second kappa shape index (κ2) is 6.12. The zero-order chi connectivity index (χ0) is 17.4. The Bertz CT molecular complexity index is 928. The number of fused-ring (bicyclic) bond motifs is 1. The molecule has 1 saturated heterocycles. The van der Waals surface area contributed by atoms with Crippen LogP contribution in [0.1, 0.15) is 21.9 Å². The van der Waals surface area contributed by atoms with Crippen LogP contribution >= 0.6 is 0 Å². The average Bonchev–Trinajstić information content (AvgIpc) is 3.02. The summed E-state index contributed by atoms with van der Waals surface area (Å²) in [7, 11) is 0. The third-order valence-electron chi connectivity index (χ3n) is 4.44. The minimum Gasteiger partial charge on any atom is -0.352 e. The second-order valence-corrected chi connectivity index (χ2v) is 6.14. The van der Waals surface area contributed by atoms with Gasteiger partial charge in [0.2, 0.25) is 0 Å². The predicted octanol–water partition coefficient (Wildman–Crippen LogP) is 1.10. The van der Waals surface area contributed by atoms with Gasteiger partial charge in [-0.1, -0.05) is 6.07 Å². The summed E-state index contributed by atoms with van der Waals surface area (Å²) in [6.45, 7) is 6.49. The van der Waals surface area contributed by atoms with E-state index in [1.807, 2.05) is 35.4 Å². The van der Waals surface area contributed by atoms with Crippen LogP contribution in [0.5, 0.6) is 0 Å². The van der Waals surface area contributed by atoms with E-state index in [0.29, 0.717) is 24.6 Å². The van der Waals surface area contributed by atoms with Gasteiger partial charge >= 0.3 is 0 Å². The van der Waals surface area contributed by atoms with Crippen molar-refractivity contribution in [3.8, 4) is 0 Å². The fourth-order valence-electron chi connectivity index (χ4n) is 3.12. The highest BCUT2D eigenvalue weighted by molar-refractivity contribution is 5.93. The van der Waals surface area contributed by atoms with Gasteiger partial charge in [-0.3, -0.25) is 14.8 Å². The summed E-state index contributed by atoms with van der Waals surface area (Å²) in [6.07, 6.45) is 5.16. The normalized spacial score (nSPS) is 15.0. The Hall–Kier alpha value is -3.03. The molecule has 128 valence electrons. The van der Waals surface area contributed by atoms with Gasteiger partial charge in [0.15, 0.2) is 11.5 Å². The van der Waals surface area contributed by atoms with Gasteiger partial charge in [0.25, 0.3) is 5.91 Å². The topological polar surface area (TPSA) is 79.5 Å². The van der Waals surface area contributed by atoms with Crippen LogP contribution in [0.15, 0.2) is 30.7 Å². The van der Waals surface area contributed by atoms with Gasteiger partial charge in [0.1, 0.15) is 11.5 Å². The molecule has 1 fully saturated rings. The molecule has 0 spiro atoms. The quantitative estimate of drug-likeness (QED) is 0.697. The molecule has 4 rings (SSSR count). The Morgan fingerprint density at radius 3 is 2.68 bits per heavy atom. The molecule has 1 aliphatic rings. The zero-order valence-electron chi connectivity index (χ0n) is 14.3. The van der Waals surface area contributed by atoms with Crippen LogP contribution in [0.4, 0.5) is 5.82 Å². The van der Waals surface area contributed by atoms with Crippen molar-refractivity contribution in [1.29, 1.82) is 0 Å². The first-order valence-corrected chi connectivity index (χ1v) is 8.27. The molecule has 3 aromatic heterocycles. The summed E-state index contributed by atoms with van der Waals surface area (Å²) in [5.41, 5.74) is 2.17. The molecule has 0 atom stereocenters. The number of hydrogen-bond acceptors (Lipinski definition) is 6. The number of nitrogens with zero attached hydrogens (tertiary/aromatic N) is 7. The number of piperazine rings is 1. The molecule has 0 aliphatic carbocycles. The van der Waals surface area contributed by atoms with E-state index in [0.717, 1.165) is 30.1 Å². The number of pyridine rings is 1. The summed E-state index contributed by atoms with van der Waals surface area (Å²) >= 11 is 0. The van der Waals surface area contributed by atoms with E-state index in [-0.39, 0.29) is 5.91 Å². The fraction of sp³-hybridized carbons (Fsp3) is 0.353. The van der Waals surface area contributed by atoms with Crippen LogP contribution in [0, 0.1) is 13.8 Å². The predicted molar refractivity (Wildman–Crippen MR) is 92.6 cm³/mol. The highest BCUT2D eigenvalue weighted by Gasteiger charge is 2.25. The Balaban J connectivity index is 1.51. The van der Waals surface area contributed by atoms with E-state index in [9.17, 15) is 4.79 Å². The van der Waals surface area contributed by atoms with E-state index in [1.54, 1.807) is 18.6 Å². The van der Waals surface area contributed by atoms with E-state index < -0.39 is 0 Å². The molecule has 4 heterocycles. The molecule has 1 aliphatic heterocycles. The number of amides is 1. The molecule has 25 heavy (non-hydrogen) atoms. The Kier molecular flexibility index (Phi) is 3.79. The van der Waals surface area contributed by atoms with Crippen LogP contribution < -0.4 is 4.90 Å². The Morgan fingerprint density at radius 1 is 1.12 bits per heavy atom. The van der Waals surface area contributed by atoms with Gasteiger partial charge in [0.05, 0.1) is 12.4 Å². The lowest BCUT2D eigenvalue weighted by Crippen LogP contribution is -2.49. The zero-order valence-corrected chi connectivity index (χ0v) is 14.3. The highest BCUT2D eigenvalue weighted by atomic mass is 16.2. The molecule has 0 radical (unpaired) electrons. The fourth-order valence-corrected chi connectivity index (χ4v) is 3.12. The minimum absolute atomic E-state index is 0.00863. The van der Waals surface area contributed by atoms with Crippen LogP contribution in [0.2, 0.25) is 0 Å². The molecule has 8 heteroatoms. The monoisotopic (exact) mass is 337 g/mol. The van der Waals surface area contributed by atoms with Crippen molar-refractivity contribution in [2.45, 2.75) is 13.8 Å². The van der Waals surface area contributed by atoms with Crippen molar-refractivity contribution in [2.75, 3.05) is 31.1 Å². The summed E-state index contributed by atoms with van der Waals surface area (Å²) in [5, 5.41) is 4.43. The maximum atomic E-state index is 12.7. The maximum Gasteiger partial charge on any atom is 0.272 e. The number of carbonyl (C=O) groups excluding carboxylic acids is 1. The lowest BCUT2D eigenvalue weighted by molar-refractivity contribution is 0.0739. The van der Waals surface area contributed by atoms with Gasteiger partial charge in [-0.2, -0.15) is 4.52 Å². The van der Waals surface area contributed by atoms with Gasteiger partial charge in [-0.15, -0.1) is 5.10 Å². The second-order valence-electron chi connectivity index (χ2n) is 6.14. The van der Waals surface area contributed by atoms with Crippen LogP contribution in [0.3, 0.4) is 0 Å². The number of aromatic nitrogens is 5. The van der Waals surface area contributed by atoms with Gasteiger partial charge < -0.3 is 9.80 Å². The molecular weight excluding hydrogens is 318 g/mol. The first-order chi connectivity index (χ1) is 12.1. The summed E-state index contributed by atoms with van der Waals surface area (Å²) in [4.78, 5) is 29.6. The summed E-state index contributed by atoms with van der Waals surface area (Å²) < 4.78 is 1.81. The standard InChI is InChI=1S/C17H19N7O/c1-12-4-3-5-19-16(12)17(25)23-8-6-22(7-9-23)15-11-18-10-14-20-13(2)21-24(14)15/h3-5,10-11H,6-9H2,1-2H3. The van der Waals surface area contributed by atoms with Crippen molar-refractivity contribution in [3.05, 3.63) is 47.8 Å². The van der Waals surface area contributed by atoms with Crippen molar-refractivity contribution in [1.82, 2.24) is 29.5 Å². The number of anilines is 1. The first-order valence-electron chi connectivity index (χ1n) is 8.27. The SMILES string of the molecule is Cc1nc2cncc(N3CCN(C(=O)c4ncccc4C)CC3)n2n1. The Labute approximate surface area is 145 Å². The third kappa shape index (κ3) is 2.79. The smallest absolute Gasteiger partial charge is 0.272 e. The molecule has 0 saturated carbocycles. The van der Waals surface area contributed by atoms with Gasteiger partial charge in [-0.25, -0.2) is 4.98 Å². The molecular formula is C17H19N7O. The average molecular weight is 337 g/mol. The first kappa shape index (κ1) is 15.5. The number of carbonyl (C=O) groups is 1. The lowest BCUT2D eigenvalue weighted by atomic mass is 10.2. The van der Waals surface area contributed by atoms with E-state index in [4.69, 9.17) is 0 Å². The van der Waals surface area contributed by atoms with Crippen molar-refractivity contribution in [2.24, 2.45) is 0 Å². The molecule has 0 aromatic carbocycles. The van der Waals surface area contributed by atoms with E-state index in [2.05, 4.69) is 25.0 Å². The van der Waals surface area contributed by atoms with Gasteiger partial charge in [-0.05, 0) is 25.5 Å². The Morgan fingerprint density at radius 2 is 1.92 bits per heavy atom. The molecule has 0 N–H and O–H groups in total. The maximum absolute atomic E-state index is 12.7. The van der Waals surface area contributed by atoms with E-state index >= 15 is 0 Å². The molecule has 1 amide bonds. The summed E-state index contributed by atoms with van der Waals surface area (Å²) in [5.74, 6) is 1.61. The molecule has 8 nitrogen and oxygen atoms in total. The van der Waals surface area contributed by atoms with Crippen LogP contribution in [-0.4, -0.2) is 61.6 Å². The summed E-state index contributed by atoms with van der Waals surface area (Å²) in [6, 6.07) is 3.76. The van der Waals surface area contributed by atoms with Crippen LogP contribution in [0.25, 0.3) is 5.65 Å². The van der Waals surface area contributed by atoms with Crippen molar-refractivity contribution < 1.29 is 4.79 Å². The largest absolute Gasteiger partial charge is 0.352 e. The third-order valence-corrected chi connectivity index (χ3v) is 4.44. The number of aryl methyl sites for hydroxylation is 2. The molecule has 3 aromatic rings. The van der Waals surface area contributed by atoms with Gasteiger partial charge in [0, 0.05) is 32.4 Å². The highest BCUT2D eigenvalue weighted by Crippen LogP contribution is 2.18.